The largest absolute Gasteiger partial charge is 0.497 e. The van der Waals surface area contributed by atoms with Gasteiger partial charge in [-0.05, 0) is 47.4 Å². The van der Waals surface area contributed by atoms with Crippen molar-refractivity contribution in [3.8, 4) is 17.2 Å². The van der Waals surface area contributed by atoms with Crippen LogP contribution in [-0.2, 0) is 15.0 Å². The van der Waals surface area contributed by atoms with E-state index in [-0.39, 0.29) is 30.0 Å². The fourth-order valence-electron chi connectivity index (χ4n) is 3.08. The summed E-state index contributed by atoms with van der Waals surface area (Å²) in [5, 5.41) is 8.44. The van der Waals surface area contributed by atoms with Crippen LogP contribution in [0, 0.1) is 0 Å². The van der Waals surface area contributed by atoms with Crippen LogP contribution in [-0.4, -0.2) is 41.4 Å². The summed E-state index contributed by atoms with van der Waals surface area (Å²) in [6, 6.07) is 15.0. The van der Waals surface area contributed by atoms with E-state index in [2.05, 4.69) is 31.0 Å². The van der Waals surface area contributed by atoms with Crippen molar-refractivity contribution in [2.24, 2.45) is 5.73 Å². The van der Waals surface area contributed by atoms with E-state index in [1.807, 2.05) is 24.3 Å². The Hall–Kier alpha value is -3.33. The maximum atomic E-state index is 12.9. The molecule has 0 unspecified atom stereocenters. The Morgan fingerprint density at radius 3 is 2.30 bits per heavy atom. The number of nitrogens with zero attached hydrogens (tertiary/aromatic N) is 3. The number of benzene rings is 2. The van der Waals surface area contributed by atoms with Gasteiger partial charge in [0.2, 0.25) is 17.7 Å². The lowest BCUT2D eigenvalue weighted by Gasteiger charge is -2.22. The van der Waals surface area contributed by atoms with Gasteiger partial charge in [0.1, 0.15) is 5.75 Å². The Morgan fingerprint density at radius 2 is 1.73 bits per heavy atom. The molecule has 0 aliphatic heterocycles. The van der Waals surface area contributed by atoms with Crippen molar-refractivity contribution < 1.29 is 18.7 Å². The zero-order valence-corrected chi connectivity index (χ0v) is 20.0. The smallest absolute Gasteiger partial charge is 0.277 e. The molecule has 0 fully saturated rings. The number of thioether (sulfide) groups is 1. The first-order chi connectivity index (χ1) is 15.7. The normalized spacial score (nSPS) is 11.3. The molecule has 0 spiro atoms. The third kappa shape index (κ3) is 6.58. The van der Waals surface area contributed by atoms with Gasteiger partial charge < -0.3 is 19.8 Å². The van der Waals surface area contributed by atoms with Crippen molar-refractivity contribution >= 4 is 29.3 Å². The SMILES string of the molecule is COc1ccc(N(CCC(N)=O)C(=O)CSc2nnc(-c3ccc(C(C)(C)C)cc3)o2)cc1. The fraction of sp³-hybridized carbons (Fsp3) is 0.333. The number of rotatable bonds is 9. The van der Waals surface area contributed by atoms with Gasteiger partial charge in [0.05, 0.1) is 12.9 Å². The topological polar surface area (TPSA) is 112 Å². The number of aromatic nitrogens is 2. The molecule has 2 amide bonds. The summed E-state index contributed by atoms with van der Waals surface area (Å²) in [6.07, 6.45) is 0.0533. The molecule has 0 atom stereocenters. The highest BCUT2D eigenvalue weighted by Crippen LogP contribution is 2.28. The number of carbonyl (C=O) groups excluding carboxylic acids is 2. The molecule has 9 heteroatoms. The predicted octanol–water partition coefficient (Wildman–Crippen LogP) is 4.04. The lowest BCUT2D eigenvalue weighted by atomic mass is 9.87. The van der Waals surface area contributed by atoms with E-state index in [4.69, 9.17) is 14.9 Å². The zero-order valence-electron chi connectivity index (χ0n) is 19.2. The number of hydrogen-bond donors (Lipinski definition) is 1. The van der Waals surface area contributed by atoms with E-state index in [0.717, 1.165) is 17.3 Å². The minimum Gasteiger partial charge on any atom is -0.497 e. The lowest BCUT2D eigenvalue weighted by Crippen LogP contribution is -2.35. The molecule has 1 heterocycles. The van der Waals surface area contributed by atoms with Gasteiger partial charge in [0, 0.05) is 24.2 Å². The Balaban J connectivity index is 1.67. The number of primary amides is 1. The van der Waals surface area contributed by atoms with Crippen LogP contribution in [0.15, 0.2) is 58.2 Å². The van der Waals surface area contributed by atoms with Gasteiger partial charge in [-0.25, -0.2) is 0 Å². The van der Waals surface area contributed by atoms with E-state index in [9.17, 15) is 9.59 Å². The van der Waals surface area contributed by atoms with Crippen molar-refractivity contribution in [2.75, 3.05) is 24.3 Å². The third-order valence-corrected chi connectivity index (χ3v) is 5.79. The Morgan fingerprint density at radius 1 is 1.06 bits per heavy atom. The number of methoxy groups -OCH3 is 1. The number of carbonyl (C=O) groups is 2. The van der Waals surface area contributed by atoms with Crippen molar-refractivity contribution in [2.45, 2.75) is 37.8 Å². The first-order valence-electron chi connectivity index (χ1n) is 10.5. The summed E-state index contributed by atoms with van der Waals surface area (Å²) in [6.45, 7) is 6.63. The summed E-state index contributed by atoms with van der Waals surface area (Å²) in [5.74, 6) is 0.444. The molecule has 0 aliphatic carbocycles. The Labute approximate surface area is 197 Å². The molecule has 33 heavy (non-hydrogen) atoms. The van der Waals surface area contributed by atoms with Crippen LogP contribution in [0.5, 0.6) is 5.75 Å². The molecule has 8 nitrogen and oxygen atoms in total. The van der Waals surface area contributed by atoms with E-state index in [1.165, 1.54) is 10.5 Å². The van der Waals surface area contributed by atoms with Crippen LogP contribution >= 0.6 is 11.8 Å². The van der Waals surface area contributed by atoms with Crippen LogP contribution < -0.4 is 15.4 Å². The maximum absolute atomic E-state index is 12.9. The second kappa shape index (κ2) is 10.5. The van der Waals surface area contributed by atoms with Crippen LogP contribution in [0.4, 0.5) is 5.69 Å². The average Bonchev–Trinajstić information content (AvgIpc) is 3.26. The van der Waals surface area contributed by atoms with E-state index in [1.54, 1.807) is 31.4 Å². The van der Waals surface area contributed by atoms with E-state index < -0.39 is 5.91 Å². The first kappa shape index (κ1) is 24.3. The Bertz CT molecular complexity index is 1090. The minimum atomic E-state index is -0.479. The van der Waals surface area contributed by atoms with Gasteiger partial charge in [-0.2, -0.15) is 0 Å². The summed E-state index contributed by atoms with van der Waals surface area (Å²) in [7, 11) is 1.57. The van der Waals surface area contributed by atoms with Crippen molar-refractivity contribution in [3.05, 3.63) is 54.1 Å². The van der Waals surface area contributed by atoms with Crippen molar-refractivity contribution in [1.82, 2.24) is 10.2 Å². The maximum Gasteiger partial charge on any atom is 0.277 e. The monoisotopic (exact) mass is 468 g/mol. The summed E-state index contributed by atoms with van der Waals surface area (Å²) >= 11 is 1.14. The first-order valence-corrected chi connectivity index (χ1v) is 11.5. The lowest BCUT2D eigenvalue weighted by molar-refractivity contribution is -0.118. The van der Waals surface area contributed by atoms with Crippen LogP contribution in [0.1, 0.15) is 32.8 Å². The van der Waals surface area contributed by atoms with E-state index >= 15 is 0 Å². The second-order valence-electron chi connectivity index (χ2n) is 8.45. The van der Waals surface area contributed by atoms with Gasteiger partial charge >= 0.3 is 0 Å². The zero-order chi connectivity index (χ0) is 24.0. The number of ether oxygens (including phenoxy) is 1. The summed E-state index contributed by atoms with van der Waals surface area (Å²) < 4.78 is 10.9. The van der Waals surface area contributed by atoms with Gasteiger partial charge in [0.25, 0.3) is 5.22 Å². The van der Waals surface area contributed by atoms with Crippen LogP contribution in [0.25, 0.3) is 11.5 Å². The van der Waals surface area contributed by atoms with Gasteiger partial charge in [-0.15, -0.1) is 10.2 Å². The number of hydrogen-bond acceptors (Lipinski definition) is 7. The van der Waals surface area contributed by atoms with Crippen LogP contribution in [0.2, 0.25) is 0 Å². The highest BCUT2D eigenvalue weighted by molar-refractivity contribution is 7.99. The molecule has 0 bridgehead atoms. The van der Waals surface area contributed by atoms with Gasteiger partial charge in [-0.3, -0.25) is 9.59 Å². The summed E-state index contributed by atoms with van der Waals surface area (Å²) in [4.78, 5) is 25.7. The molecule has 2 aromatic carbocycles. The number of nitrogens with two attached hydrogens (primary N) is 1. The highest BCUT2D eigenvalue weighted by Gasteiger charge is 2.19. The molecule has 2 N–H and O–H groups in total. The van der Waals surface area contributed by atoms with Crippen molar-refractivity contribution in [3.63, 3.8) is 0 Å². The van der Waals surface area contributed by atoms with E-state index in [0.29, 0.717) is 22.6 Å². The quantitative estimate of drug-likeness (QED) is 0.472. The number of anilines is 1. The molecule has 1 aromatic heterocycles. The fourth-order valence-corrected chi connectivity index (χ4v) is 3.72. The Kier molecular flexibility index (Phi) is 7.75. The molecular weight excluding hydrogens is 440 g/mol. The molecular formula is C24H28N4O4S. The molecule has 0 saturated carbocycles. The standard InChI is InChI=1S/C24H28N4O4S/c1-24(2,3)17-7-5-16(6-8-17)22-26-27-23(32-22)33-15-21(30)28(14-13-20(25)29)18-9-11-19(31-4)12-10-18/h5-12H,13-15H2,1-4H3,(H2,25,29). The minimum absolute atomic E-state index is 0.0533. The average molecular weight is 469 g/mol. The highest BCUT2D eigenvalue weighted by atomic mass is 32.2. The molecule has 3 rings (SSSR count). The number of amides is 2. The third-order valence-electron chi connectivity index (χ3n) is 4.99. The summed E-state index contributed by atoms with van der Waals surface area (Å²) in [5.41, 5.74) is 8.01. The predicted molar refractivity (Wildman–Crippen MR) is 128 cm³/mol. The van der Waals surface area contributed by atoms with Gasteiger partial charge in [0.15, 0.2) is 0 Å². The van der Waals surface area contributed by atoms with Crippen molar-refractivity contribution in [1.29, 1.82) is 0 Å². The van der Waals surface area contributed by atoms with Crippen LogP contribution in [0.3, 0.4) is 0 Å². The second-order valence-corrected chi connectivity index (χ2v) is 9.38. The van der Waals surface area contributed by atoms with Gasteiger partial charge in [-0.1, -0.05) is 44.7 Å². The molecule has 0 radical (unpaired) electrons. The molecule has 3 aromatic rings. The molecule has 0 aliphatic rings. The molecule has 174 valence electrons. The molecule has 0 saturated heterocycles.